The number of anilines is 1. The Morgan fingerprint density at radius 1 is 1.05 bits per heavy atom. The molecule has 0 bridgehead atoms. The zero-order valence-corrected chi connectivity index (χ0v) is 24.1. The van der Waals surface area contributed by atoms with Crippen molar-refractivity contribution in [1.82, 2.24) is 25.1 Å². The van der Waals surface area contributed by atoms with E-state index in [0.717, 1.165) is 62.9 Å². The number of benzene rings is 2. The molecule has 0 radical (unpaired) electrons. The fraction of sp³-hybridized carbons (Fsp3) is 0.484. The van der Waals surface area contributed by atoms with Crippen molar-refractivity contribution in [3.8, 4) is 0 Å². The van der Waals surface area contributed by atoms with Gasteiger partial charge in [0.2, 0.25) is 5.91 Å². The third-order valence-electron chi connectivity index (χ3n) is 8.18. The number of fused-ring (bicyclic) bond motifs is 1. The number of rotatable bonds is 10. The van der Waals surface area contributed by atoms with E-state index < -0.39 is 11.7 Å². The Morgan fingerprint density at radius 3 is 2.49 bits per heavy atom. The van der Waals surface area contributed by atoms with E-state index >= 15 is 0 Å². The molecule has 2 amide bonds. The quantitative estimate of drug-likeness (QED) is 0.330. The van der Waals surface area contributed by atoms with E-state index in [1.165, 1.54) is 12.4 Å². The lowest BCUT2D eigenvalue weighted by Gasteiger charge is -2.47. The number of hydrogen-bond acceptors (Lipinski definition) is 7. The van der Waals surface area contributed by atoms with E-state index in [1.54, 1.807) is 0 Å². The molecule has 2 N–H and O–H groups in total. The van der Waals surface area contributed by atoms with Crippen molar-refractivity contribution in [2.45, 2.75) is 69.9 Å². The number of likely N-dealkylation sites (tertiary alicyclic amines) is 1. The average molecular weight is 599 g/mol. The first-order valence-corrected chi connectivity index (χ1v) is 14.8. The molecule has 2 aliphatic rings. The Hall–Kier alpha value is -3.93. The van der Waals surface area contributed by atoms with Crippen molar-refractivity contribution in [1.29, 1.82) is 0 Å². The van der Waals surface area contributed by atoms with Gasteiger partial charge in [0.05, 0.1) is 23.7 Å². The Balaban J connectivity index is 1.05. The number of carbonyl (C=O) groups is 2. The number of halogens is 3. The van der Waals surface area contributed by atoms with Crippen LogP contribution >= 0.6 is 0 Å². The molecule has 9 nitrogen and oxygen atoms in total. The van der Waals surface area contributed by atoms with Crippen LogP contribution in [0.25, 0.3) is 10.9 Å². The first-order valence-electron chi connectivity index (χ1n) is 14.8. The molecule has 1 aliphatic heterocycles. The molecule has 43 heavy (non-hydrogen) atoms. The van der Waals surface area contributed by atoms with E-state index in [9.17, 15) is 22.8 Å². The predicted octanol–water partition coefficient (Wildman–Crippen LogP) is 5.22. The summed E-state index contributed by atoms with van der Waals surface area (Å²) in [6.45, 7) is 4.36. The minimum absolute atomic E-state index is 0.00977. The molecule has 3 aromatic rings. The molecule has 2 aromatic carbocycles. The number of nitrogens with one attached hydrogen (secondary N) is 2. The second-order valence-electron chi connectivity index (χ2n) is 11.2. The smallest absolute Gasteiger partial charge is 0.416 e. The first-order chi connectivity index (χ1) is 20.7. The summed E-state index contributed by atoms with van der Waals surface area (Å²) >= 11 is 0. The second kappa shape index (κ2) is 13.6. The summed E-state index contributed by atoms with van der Waals surface area (Å²) in [7, 11) is 0. The Bertz CT molecular complexity index is 1390. The standard InChI is InChI=1S/C31H37F3N6O3/c1-2-14-40(30(42)43-19-21-6-4-3-5-7-21)25-11-9-24(10-12-25)39-17-23(18-39)38-28(41)16-35-29-26-15-22(31(32,33)34)8-13-27(26)36-20-37-29/h3-8,13,15,20,23-25H,2,9-12,14,16-19H2,1H3,(H,38,41)(H,35,36,37)/t24-,25+. The van der Waals surface area contributed by atoms with Crippen LogP contribution in [0.15, 0.2) is 54.9 Å². The molecule has 1 saturated heterocycles. The fourth-order valence-corrected chi connectivity index (χ4v) is 5.92. The monoisotopic (exact) mass is 598 g/mol. The molecule has 0 atom stereocenters. The maximum absolute atomic E-state index is 13.2. The second-order valence-corrected chi connectivity index (χ2v) is 11.2. The van der Waals surface area contributed by atoms with Gasteiger partial charge < -0.3 is 20.3 Å². The lowest BCUT2D eigenvalue weighted by atomic mass is 9.87. The number of nitrogens with zero attached hydrogens (tertiary/aromatic N) is 4. The molecule has 1 aromatic heterocycles. The van der Waals surface area contributed by atoms with Gasteiger partial charge in [-0.1, -0.05) is 37.3 Å². The molecule has 1 aliphatic carbocycles. The largest absolute Gasteiger partial charge is 0.445 e. The number of amides is 2. The summed E-state index contributed by atoms with van der Waals surface area (Å²) in [5, 5.41) is 6.06. The third kappa shape index (κ3) is 7.73. The fourth-order valence-electron chi connectivity index (χ4n) is 5.92. The highest BCUT2D eigenvalue weighted by molar-refractivity contribution is 5.91. The minimum Gasteiger partial charge on any atom is -0.445 e. The number of aromatic nitrogens is 2. The number of ether oxygens (including phenoxy) is 1. The van der Waals surface area contributed by atoms with Crippen molar-refractivity contribution in [2.24, 2.45) is 0 Å². The van der Waals surface area contributed by atoms with Gasteiger partial charge in [0, 0.05) is 37.1 Å². The van der Waals surface area contributed by atoms with E-state index in [0.29, 0.717) is 18.1 Å². The van der Waals surface area contributed by atoms with Crippen molar-refractivity contribution >= 4 is 28.7 Å². The van der Waals surface area contributed by atoms with Crippen LogP contribution in [0, 0.1) is 0 Å². The summed E-state index contributed by atoms with van der Waals surface area (Å²) < 4.78 is 45.1. The van der Waals surface area contributed by atoms with Gasteiger partial charge in [0.25, 0.3) is 0 Å². The molecule has 2 heterocycles. The lowest BCUT2D eigenvalue weighted by Crippen LogP contribution is -2.63. The zero-order valence-electron chi connectivity index (χ0n) is 24.1. The molecule has 2 fully saturated rings. The maximum Gasteiger partial charge on any atom is 0.416 e. The zero-order chi connectivity index (χ0) is 30.4. The van der Waals surface area contributed by atoms with Crippen molar-refractivity contribution in [3.05, 3.63) is 66.0 Å². The average Bonchev–Trinajstić information content (AvgIpc) is 2.99. The van der Waals surface area contributed by atoms with Crippen LogP contribution < -0.4 is 10.6 Å². The van der Waals surface area contributed by atoms with Gasteiger partial charge >= 0.3 is 12.3 Å². The third-order valence-corrected chi connectivity index (χ3v) is 8.18. The van der Waals surface area contributed by atoms with Gasteiger partial charge in [-0.3, -0.25) is 9.69 Å². The summed E-state index contributed by atoms with van der Waals surface area (Å²) in [6.07, 6.45) is 1.13. The SMILES string of the molecule is CCCN(C(=O)OCc1ccccc1)[C@H]1CC[C@@H](N2CC(NC(=O)CNc3ncnc4ccc(C(F)(F)F)cc34)C2)CC1. The molecule has 0 unspecified atom stereocenters. The van der Waals surface area contributed by atoms with Crippen molar-refractivity contribution in [2.75, 3.05) is 31.5 Å². The summed E-state index contributed by atoms with van der Waals surface area (Å²) in [6, 6.07) is 13.5. The van der Waals surface area contributed by atoms with Gasteiger partial charge in [0.1, 0.15) is 18.8 Å². The predicted molar refractivity (Wildman–Crippen MR) is 156 cm³/mol. The highest BCUT2D eigenvalue weighted by Gasteiger charge is 2.37. The van der Waals surface area contributed by atoms with E-state index in [2.05, 4.69) is 32.4 Å². The van der Waals surface area contributed by atoms with E-state index in [4.69, 9.17) is 4.74 Å². The van der Waals surface area contributed by atoms with Crippen LogP contribution in [0.4, 0.5) is 23.8 Å². The van der Waals surface area contributed by atoms with Gasteiger partial charge in [-0.25, -0.2) is 14.8 Å². The molecule has 230 valence electrons. The van der Waals surface area contributed by atoms with Crippen LogP contribution in [0.1, 0.15) is 50.2 Å². The number of alkyl halides is 3. The molecule has 12 heteroatoms. The number of carbonyl (C=O) groups excluding carboxylic acids is 2. The first kappa shape index (κ1) is 30.5. The Morgan fingerprint density at radius 2 is 1.79 bits per heavy atom. The van der Waals surface area contributed by atoms with Crippen molar-refractivity contribution in [3.63, 3.8) is 0 Å². The normalized spacial score (nSPS) is 19.4. The van der Waals surface area contributed by atoms with Gasteiger partial charge in [-0.2, -0.15) is 13.2 Å². The van der Waals surface area contributed by atoms with Crippen LogP contribution in [0.5, 0.6) is 0 Å². The molecule has 5 rings (SSSR count). The van der Waals surface area contributed by atoms with Crippen LogP contribution in [-0.4, -0.2) is 76.1 Å². The summed E-state index contributed by atoms with van der Waals surface area (Å²) in [4.78, 5) is 37.8. The maximum atomic E-state index is 13.2. The molecule has 1 saturated carbocycles. The molecular formula is C31H37F3N6O3. The van der Waals surface area contributed by atoms with Crippen LogP contribution in [0.2, 0.25) is 0 Å². The highest BCUT2D eigenvalue weighted by Crippen LogP contribution is 2.33. The number of hydrogen-bond donors (Lipinski definition) is 2. The van der Waals surface area contributed by atoms with E-state index in [1.807, 2.05) is 35.2 Å². The summed E-state index contributed by atoms with van der Waals surface area (Å²) in [5.74, 6) is -0.0735. The molecular weight excluding hydrogens is 561 g/mol. The van der Waals surface area contributed by atoms with Gasteiger partial charge in [-0.15, -0.1) is 0 Å². The topological polar surface area (TPSA) is 99.7 Å². The lowest BCUT2D eigenvalue weighted by molar-refractivity contribution is -0.137. The molecule has 0 spiro atoms. The minimum atomic E-state index is -4.49. The Kier molecular flexibility index (Phi) is 9.64. The Labute approximate surface area is 248 Å². The van der Waals surface area contributed by atoms with E-state index in [-0.39, 0.29) is 48.4 Å². The van der Waals surface area contributed by atoms with Crippen LogP contribution in [0.3, 0.4) is 0 Å². The van der Waals surface area contributed by atoms with Crippen LogP contribution in [-0.2, 0) is 22.3 Å². The highest BCUT2D eigenvalue weighted by atomic mass is 19.4. The van der Waals surface area contributed by atoms with Crippen molar-refractivity contribution < 1.29 is 27.5 Å². The van der Waals surface area contributed by atoms with Gasteiger partial charge in [-0.05, 0) is 55.9 Å². The van der Waals surface area contributed by atoms with Gasteiger partial charge in [0.15, 0.2) is 0 Å². The summed E-state index contributed by atoms with van der Waals surface area (Å²) in [5.41, 5.74) is 0.525.